The minimum absolute atomic E-state index is 0.287. The molecule has 0 aromatic heterocycles. The standard InChI is InChI=1S/C15H23FN2O/c1-12(17)14-6-5-13(11-15(14)16)19-10-9-18-7-3-2-4-8-18/h5-6,11-12H,2-4,7-10,17H2,1H3/t12-/m0/s1. The molecule has 0 saturated carbocycles. The number of rotatable bonds is 5. The summed E-state index contributed by atoms with van der Waals surface area (Å²) in [5.41, 5.74) is 6.21. The van der Waals surface area contributed by atoms with Gasteiger partial charge in [-0.05, 0) is 38.9 Å². The van der Waals surface area contributed by atoms with Crippen molar-refractivity contribution in [3.05, 3.63) is 29.6 Å². The van der Waals surface area contributed by atoms with Gasteiger partial charge in [0.25, 0.3) is 0 Å². The maximum atomic E-state index is 13.7. The first-order valence-corrected chi connectivity index (χ1v) is 7.07. The van der Waals surface area contributed by atoms with Crippen molar-refractivity contribution in [3.63, 3.8) is 0 Å². The second-order valence-electron chi connectivity index (χ2n) is 5.22. The molecular weight excluding hydrogens is 243 g/mol. The SMILES string of the molecule is C[C@H](N)c1ccc(OCCN2CCCCC2)cc1F. The molecular formula is C15H23FN2O. The molecule has 0 unspecified atom stereocenters. The molecule has 0 aliphatic carbocycles. The summed E-state index contributed by atoms with van der Waals surface area (Å²) in [6, 6.07) is 4.63. The second kappa shape index (κ2) is 6.87. The molecule has 1 aromatic rings. The zero-order chi connectivity index (χ0) is 13.7. The summed E-state index contributed by atoms with van der Waals surface area (Å²) in [6.45, 7) is 5.60. The molecule has 0 spiro atoms. The lowest BCUT2D eigenvalue weighted by molar-refractivity contribution is 0.183. The minimum Gasteiger partial charge on any atom is -0.492 e. The summed E-state index contributed by atoms with van der Waals surface area (Å²) in [6.07, 6.45) is 3.89. The van der Waals surface area contributed by atoms with E-state index in [-0.39, 0.29) is 11.9 Å². The Morgan fingerprint density at radius 1 is 1.32 bits per heavy atom. The van der Waals surface area contributed by atoms with Crippen LogP contribution < -0.4 is 10.5 Å². The van der Waals surface area contributed by atoms with Crippen LogP contribution in [0.3, 0.4) is 0 Å². The van der Waals surface area contributed by atoms with Gasteiger partial charge in [0.05, 0.1) is 0 Å². The molecule has 2 N–H and O–H groups in total. The van der Waals surface area contributed by atoms with Gasteiger partial charge in [-0.15, -0.1) is 0 Å². The number of halogens is 1. The number of benzene rings is 1. The highest BCUT2D eigenvalue weighted by Crippen LogP contribution is 2.20. The van der Waals surface area contributed by atoms with Gasteiger partial charge in [-0.25, -0.2) is 4.39 Å². The minimum atomic E-state index is -0.289. The van der Waals surface area contributed by atoms with Crippen molar-refractivity contribution < 1.29 is 9.13 Å². The molecule has 1 aliphatic heterocycles. The first kappa shape index (κ1) is 14.3. The molecule has 1 saturated heterocycles. The lowest BCUT2D eigenvalue weighted by atomic mass is 10.1. The maximum Gasteiger partial charge on any atom is 0.131 e. The summed E-state index contributed by atoms with van der Waals surface area (Å²) in [7, 11) is 0. The molecule has 1 atom stereocenters. The van der Waals surface area contributed by atoms with Crippen LogP contribution >= 0.6 is 0 Å². The van der Waals surface area contributed by atoms with Crippen LogP contribution in [0, 0.1) is 5.82 Å². The number of nitrogens with zero attached hydrogens (tertiary/aromatic N) is 1. The average Bonchev–Trinajstić information content (AvgIpc) is 2.39. The van der Waals surface area contributed by atoms with E-state index in [0.717, 1.165) is 19.6 Å². The third-order valence-corrected chi connectivity index (χ3v) is 3.59. The van der Waals surface area contributed by atoms with Gasteiger partial charge in [-0.1, -0.05) is 12.5 Å². The van der Waals surface area contributed by atoms with Crippen molar-refractivity contribution in [1.29, 1.82) is 0 Å². The normalized spacial score (nSPS) is 18.3. The topological polar surface area (TPSA) is 38.5 Å². The van der Waals surface area contributed by atoms with Crippen molar-refractivity contribution in [2.45, 2.75) is 32.2 Å². The summed E-state index contributed by atoms with van der Waals surface area (Å²) in [5, 5.41) is 0. The van der Waals surface area contributed by atoms with E-state index in [1.54, 1.807) is 19.1 Å². The number of hydrogen-bond acceptors (Lipinski definition) is 3. The van der Waals surface area contributed by atoms with E-state index < -0.39 is 0 Å². The summed E-state index contributed by atoms with van der Waals surface area (Å²) < 4.78 is 19.3. The molecule has 0 amide bonds. The zero-order valence-electron chi connectivity index (χ0n) is 11.6. The highest BCUT2D eigenvalue weighted by molar-refractivity contribution is 5.30. The number of piperidine rings is 1. The molecule has 4 heteroatoms. The van der Waals surface area contributed by atoms with Gasteiger partial charge in [0.15, 0.2) is 0 Å². The fraction of sp³-hybridized carbons (Fsp3) is 0.600. The molecule has 3 nitrogen and oxygen atoms in total. The molecule has 1 aromatic carbocycles. The van der Waals surface area contributed by atoms with Crippen LogP contribution in [0.5, 0.6) is 5.75 Å². The number of nitrogens with two attached hydrogens (primary N) is 1. The fourth-order valence-corrected chi connectivity index (χ4v) is 2.44. The highest BCUT2D eigenvalue weighted by Gasteiger charge is 2.11. The smallest absolute Gasteiger partial charge is 0.131 e. The summed E-state index contributed by atoms with van der Waals surface area (Å²) >= 11 is 0. The predicted molar refractivity (Wildman–Crippen MR) is 74.8 cm³/mol. The van der Waals surface area contributed by atoms with Gasteiger partial charge in [0, 0.05) is 24.2 Å². The Morgan fingerprint density at radius 2 is 2.05 bits per heavy atom. The van der Waals surface area contributed by atoms with Crippen LogP contribution in [0.15, 0.2) is 18.2 Å². The van der Waals surface area contributed by atoms with Crippen LogP contribution in [0.25, 0.3) is 0 Å². The lowest BCUT2D eigenvalue weighted by Gasteiger charge is -2.26. The Hall–Kier alpha value is -1.13. The quantitative estimate of drug-likeness (QED) is 0.890. The predicted octanol–water partition coefficient (Wildman–Crippen LogP) is 2.71. The Kier molecular flexibility index (Phi) is 5.16. The van der Waals surface area contributed by atoms with Crippen LogP contribution in [0.1, 0.15) is 37.8 Å². The Balaban J connectivity index is 1.81. The van der Waals surface area contributed by atoms with Crippen LogP contribution in [0.4, 0.5) is 4.39 Å². The first-order chi connectivity index (χ1) is 9.16. The van der Waals surface area contributed by atoms with Gasteiger partial charge in [-0.2, -0.15) is 0 Å². The zero-order valence-corrected chi connectivity index (χ0v) is 11.6. The molecule has 2 rings (SSSR count). The van der Waals surface area contributed by atoms with Crippen molar-refractivity contribution in [3.8, 4) is 5.75 Å². The van der Waals surface area contributed by atoms with E-state index >= 15 is 0 Å². The van der Waals surface area contributed by atoms with E-state index in [1.165, 1.54) is 25.3 Å². The second-order valence-corrected chi connectivity index (χ2v) is 5.22. The fourth-order valence-electron chi connectivity index (χ4n) is 2.44. The lowest BCUT2D eigenvalue weighted by Crippen LogP contribution is -2.33. The molecule has 0 radical (unpaired) electrons. The largest absolute Gasteiger partial charge is 0.492 e. The molecule has 1 heterocycles. The summed E-state index contributed by atoms with van der Waals surface area (Å²) in [5.74, 6) is 0.296. The van der Waals surface area contributed by atoms with Crippen molar-refractivity contribution in [1.82, 2.24) is 4.90 Å². The Morgan fingerprint density at radius 3 is 2.68 bits per heavy atom. The van der Waals surface area contributed by atoms with Gasteiger partial charge >= 0.3 is 0 Å². The van der Waals surface area contributed by atoms with Crippen LogP contribution in [-0.4, -0.2) is 31.1 Å². The van der Waals surface area contributed by atoms with Gasteiger partial charge < -0.3 is 10.5 Å². The Bertz CT molecular complexity index is 403. The van der Waals surface area contributed by atoms with E-state index in [4.69, 9.17) is 10.5 Å². The van der Waals surface area contributed by atoms with Crippen molar-refractivity contribution >= 4 is 0 Å². The molecule has 0 bridgehead atoms. The number of likely N-dealkylation sites (tertiary alicyclic amines) is 1. The molecule has 19 heavy (non-hydrogen) atoms. The summed E-state index contributed by atoms with van der Waals surface area (Å²) in [4.78, 5) is 2.40. The first-order valence-electron chi connectivity index (χ1n) is 7.07. The van der Waals surface area contributed by atoms with Crippen LogP contribution in [0.2, 0.25) is 0 Å². The monoisotopic (exact) mass is 266 g/mol. The third-order valence-electron chi connectivity index (χ3n) is 3.59. The molecule has 1 aliphatic rings. The molecule has 106 valence electrons. The van der Waals surface area contributed by atoms with E-state index in [1.807, 2.05) is 0 Å². The number of hydrogen-bond donors (Lipinski definition) is 1. The van der Waals surface area contributed by atoms with Gasteiger partial charge in [0.2, 0.25) is 0 Å². The maximum absolute atomic E-state index is 13.7. The van der Waals surface area contributed by atoms with E-state index in [2.05, 4.69) is 4.90 Å². The highest BCUT2D eigenvalue weighted by atomic mass is 19.1. The average molecular weight is 266 g/mol. The van der Waals surface area contributed by atoms with Gasteiger partial charge in [0.1, 0.15) is 18.2 Å². The van der Waals surface area contributed by atoms with Crippen molar-refractivity contribution in [2.24, 2.45) is 5.73 Å². The van der Waals surface area contributed by atoms with E-state index in [9.17, 15) is 4.39 Å². The third kappa shape index (κ3) is 4.18. The van der Waals surface area contributed by atoms with Crippen LogP contribution in [-0.2, 0) is 0 Å². The molecule has 1 fully saturated rings. The van der Waals surface area contributed by atoms with Crippen molar-refractivity contribution in [2.75, 3.05) is 26.2 Å². The van der Waals surface area contributed by atoms with E-state index in [0.29, 0.717) is 17.9 Å². The number of ether oxygens (including phenoxy) is 1. The Labute approximate surface area is 114 Å². The van der Waals surface area contributed by atoms with Gasteiger partial charge in [-0.3, -0.25) is 4.90 Å².